The molecule has 1 unspecified atom stereocenters. The predicted molar refractivity (Wildman–Crippen MR) is 63.3 cm³/mol. The van der Waals surface area contributed by atoms with Gasteiger partial charge in [-0.1, -0.05) is 12.2 Å². The maximum Gasteiger partial charge on any atom is 0.254 e. The molecule has 18 heavy (non-hydrogen) atoms. The molecule has 0 aromatic rings. The van der Waals surface area contributed by atoms with Gasteiger partial charge >= 0.3 is 0 Å². The fourth-order valence-corrected chi connectivity index (χ4v) is 2.74. The Hall–Kier alpha value is -1.91. The Morgan fingerprint density at radius 3 is 2.67 bits per heavy atom. The molecular weight excluding hydrogens is 232 g/mol. The van der Waals surface area contributed by atoms with Gasteiger partial charge in [-0.15, -0.1) is 0 Å². The number of allylic oxidation sites excluding steroid dienone is 2. The Balaban J connectivity index is 1.84. The van der Waals surface area contributed by atoms with E-state index in [1.54, 1.807) is 4.90 Å². The van der Waals surface area contributed by atoms with Crippen LogP contribution >= 0.6 is 0 Å². The summed E-state index contributed by atoms with van der Waals surface area (Å²) in [6.45, 7) is 0.497. The van der Waals surface area contributed by atoms with Crippen LogP contribution in [0.3, 0.4) is 0 Å². The molecule has 1 atom stereocenters. The highest BCUT2D eigenvalue weighted by Gasteiger charge is 2.40. The second-order valence-electron chi connectivity index (χ2n) is 4.82. The van der Waals surface area contributed by atoms with Gasteiger partial charge in [-0.3, -0.25) is 19.7 Å². The first-order valence-electron chi connectivity index (χ1n) is 6.21. The smallest absolute Gasteiger partial charge is 0.254 e. The summed E-state index contributed by atoms with van der Waals surface area (Å²) in [5.74, 6) is -0.673. The summed E-state index contributed by atoms with van der Waals surface area (Å²) in [5, 5.41) is 2.30. The Kier molecular flexibility index (Phi) is 2.54. The van der Waals surface area contributed by atoms with E-state index in [4.69, 9.17) is 0 Å². The summed E-state index contributed by atoms with van der Waals surface area (Å²) in [5.41, 5.74) is 1.77. The maximum atomic E-state index is 12.2. The maximum absolute atomic E-state index is 12.2. The number of fused-ring (bicyclic) bond motifs is 1. The minimum atomic E-state index is -0.498. The van der Waals surface area contributed by atoms with Crippen molar-refractivity contribution in [3.8, 4) is 0 Å². The lowest BCUT2D eigenvalue weighted by Crippen LogP contribution is -2.52. The van der Waals surface area contributed by atoms with Crippen LogP contribution in [0.5, 0.6) is 0 Å². The van der Waals surface area contributed by atoms with Crippen LogP contribution in [0.25, 0.3) is 0 Å². The van der Waals surface area contributed by atoms with Gasteiger partial charge in [-0.2, -0.15) is 0 Å². The number of nitrogens with one attached hydrogen (secondary N) is 1. The van der Waals surface area contributed by atoms with Crippen LogP contribution in [0.1, 0.15) is 25.7 Å². The number of carbonyl (C=O) groups is 3. The van der Waals surface area contributed by atoms with Crippen LogP contribution in [-0.2, 0) is 14.4 Å². The molecule has 3 rings (SSSR count). The minimum Gasteiger partial charge on any atom is -0.322 e. The van der Waals surface area contributed by atoms with Crippen molar-refractivity contribution in [3.05, 3.63) is 23.3 Å². The number of hydrogen-bond acceptors (Lipinski definition) is 3. The van der Waals surface area contributed by atoms with Gasteiger partial charge in [0.05, 0.1) is 0 Å². The molecule has 5 nitrogen and oxygen atoms in total. The zero-order valence-corrected chi connectivity index (χ0v) is 9.94. The first-order valence-corrected chi connectivity index (χ1v) is 6.21. The van der Waals surface area contributed by atoms with E-state index in [0.717, 1.165) is 24.0 Å². The predicted octanol–water partition coefficient (Wildman–Crippen LogP) is 0.280. The van der Waals surface area contributed by atoms with Crippen molar-refractivity contribution in [1.29, 1.82) is 0 Å². The van der Waals surface area contributed by atoms with Gasteiger partial charge in [-0.25, -0.2) is 0 Å². The Morgan fingerprint density at radius 2 is 1.94 bits per heavy atom. The monoisotopic (exact) mass is 246 g/mol. The second kappa shape index (κ2) is 4.08. The topological polar surface area (TPSA) is 66.5 Å². The number of rotatable bonds is 1. The van der Waals surface area contributed by atoms with Gasteiger partial charge in [0.15, 0.2) is 0 Å². The Morgan fingerprint density at radius 1 is 1.17 bits per heavy atom. The van der Waals surface area contributed by atoms with Crippen LogP contribution in [0.4, 0.5) is 0 Å². The number of amides is 3. The standard InChI is InChI=1S/C13H14N2O3/c16-11-6-5-10(12(17)14-11)15-7-8-3-1-2-4-9(8)13(15)18/h3-4,10H,1-2,5-7H2,(H,14,16,17). The van der Waals surface area contributed by atoms with Gasteiger partial charge in [-0.05, 0) is 24.8 Å². The molecule has 1 N–H and O–H groups in total. The third kappa shape index (κ3) is 1.66. The normalized spacial score (nSPS) is 27.7. The molecule has 5 heteroatoms. The largest absolute Gasteiger partial charge is 0.322 e. The Labute approximate surface area is 105 Å². The summed E-state index contributed by atoms with van der Waals surface area (Å²) in [6, 6.07) is -0.498. The van der Waals surface area contributed by atoms with E-state index in [9.17, 15) is 14.4 Å². The van der Waals surface area contributed by atoms with Crippen LogP contribution in [0.2, 0.25) is 0 Å². The van der Waals surface area contributed by atoms with E-state index < -0.39 is 6.04 Å². The highest BCUT2D eigenvalue weighted by molar-refractivity contribution is 6.06. The van der Waals surface area contributed by atoms with Crippen molar-refractivity contribution < 1.29 is 14.4 Å². The molecule has 2 fully saturated rings. The number of piperidine rings is 1. The second-order valence-corrected chi connectivity index (χ2v) is 4.82. The van der Waals surface area contributed by atoms with E-state index in [0.29, 0.717) is 19.4 Å². The molecule has 0 saturated carbocycles. The van der Waals surface area contributed by atoms with Crippen molar-refractivity contribution in [2.45, 2.75) is 31.7 Å². The Bertz CT molecular complexity index is 504. The minimum absolute atomic E-state index is 0.0737. The zero-order chi connectivity index (χ0) is 12.7. The van der Waals surface area contributed by atoms with Crippen molar-refractivity contribution in [2.24, 2.45) is 0 Å². The summed E-state index contributed by atoms with van der Waals surface area (Å²) in [6.07, 6.45) is 6.58. The van der Waals surface area contributed by atoms with E-state index in [1.807, 2.05) is 6.08 Å². The molecule has 2 heterocycles. The van der Waals surface area contributed by atoms with Gasteiger partial charge in [0.1, 0.15) is 6.04 Å². The fraction of sp³-hybridized carbons (Fsp3) is 0.462. The van der Waals surface area contributed by atoms with Crippen molar-refractivity contribution >= 4 is 17.7 Å². The molecule has 1 aliphatic carbocycles. The van der Waals surface area contributed by atoms with Gasteiger partial charge in [0.25, 0.3) is 5.91 Å². The third-order valence-corrected chi connectivity index (χ3v) is 3.67. The number of hydrogen-bond donors (Lipinski definition) is 1. The molecule has 3 aliphatic rings. The van der Waals surface area contributed by atoms with E-state index in [1.165, 1.54) is 0 Å². The first-order chi connectivity index (χ1) is 8.66. The average Bonchev–Trinajstić information content (AvgIpc) is 2.68. The quantitative estimate of drug-likeness (QED) is 0.676. The number of nitrogens with zero attached hydrogens (tertiary/aromatic N) is 1. The van der Waals surface area contributed by atoms with Gasteiger partial charge < -0.3 is 4.90 Å². The molecular formula is C13H14N2O3. The molecule has 3 amide bonds. The van der Waals surface area contributed by atoms with Crippen LogP contribution < -0.4 is 5.32 Å². The molecule has 0 spiro atoms. The highest BCUT2D eigenvalue weighted by Crippen LogP contribution is 2.31. The van der Waals surface area contributed by atoms with Crippen molar-refractivity contribution in [3.63, 3.8) is 0 Å². The average molecular weight is 246 g/mol. The molecule has 0 bridgehead atoms. The lowest BCUT2D eigenvalue weighted by Gasteiger charge is -2.28. The van der Waals surface area contributed by atoms with Gasteiger partial charge in [0, 0.05) is 18.5 Å². The number of imide groups is 1. The van der Waals surface area contributed by atoms with Crippen molar-refractivity contribution in [2.75, 3.05) is 6.54 Å². The first kappa shape index (κ1) is 11.2. The van der Waals surface area contributed by atoms with Crippen LogP contribution in [0, 0.1) is 0 Å². The van der Waals surface area contributed by atoms with Gasteiger partial charge in [0.2, 0.25) is 11.8 Å². The summed E-state index contributed by atoms with van der Waals surface area (Å²) >= 11 is 0. The summed E-state index contributed by atoms with van der Waals surface area (Å²) < 4.78 is 0. The molecule has 0 aromatic heterocycles. The summed E-state index contributed by atoms with van der Waals surface area (Å²) in [4.78, 5) is 36.7. The summed E-state index contributed by atoms with van der Waals surface area (Å²) in [7, 11) is 0. The third-order valence-electron chi connectivity index (χ3n) is 3.67. The molecule has 0 aromatic carbocycles. The molecule has 2 saturated heterocycles. The van der Waals surface area contributed by atoms with Crippen molar-refractivity contribution in [1.82, 2.24) is 10.2 Å². The number of likely N-dealkylation sites (tertiary alicyclic amines) is 1. The lowest BCUT2D eigenvalue weighted by atomic mass is 10.0. The molecule has 0 radical (unpaired) electrons. The number of carbonyl (C=O) groups excluding carboxylic acids is 3. The van der Waals surface area contributed by atoms with E-state index in [-0.39, 0.29) is 17.7 Å². The van der Waals surface area contributed by atoms with Crippen LogP contribution in [-0.4, -0.2) is 35.2 Å². The fourth-order valence-electron chi connectivity index (χ4n) is 2.74. The molecule has 2 aliphatic heterocycles. The lowest BCUT2D eigenvalue weighted by molar-refractivity contribution is -0.142. The SMILES string of the molecule is O=C1CCC(N2CC3=CCCC=C3C2=O)C(=O)N1. The molecule has 94 valence electrons. The highest BCUT2D eigenvalue weighted by atomic mass is 16.2. The van der Waals surface area contributed by atoms with Crippen LogP contribution in [0.15, 0.2) is 23.3 Å². The van der Waals surface area contributed by atoms with E-state index in [2.05, 4.69) is 11.4 Å². The van der Waals surface area contributed by atoms with E-state index >= 15 is 0 Å². The zero-order valence-electron chi connectivity index (χ0n) is 9.94.